The molecule has 1 aliphatic heterocycles. The maximum Gasteiger partial charge on any atom is 0.317 e. The van der Waals surface area contributed by atoms with Crippen molar-refractivity contribution in [2.75, 3.05) is 20.3 Å². The van der Waals surface area contributed by atoms with E-state index in [1.54, 1.807) is 12.5 Å². The minimum Gasteiger partial charge on any atom is -0.381 e. The van der Waals surface area contributed by atoms with Crippen molar-refractivity contribution in [1.29, 1.82) is 0 Å². The molecule has 2 amide bonds. The van der Waals surface area contributed by atoms with Gasteiger partial charge in [0.2, 0.25) is 0 Å². The maximum atomic E-state index is 12.7. The zero-order valence-electron chi connectivity index (χ0n) is 14.0. The van der Waals surface area contributed by atoms with Gasteiger partial charge in [-0.3, -0.25) is 0 Å². The molecule has 1 aromatic heterocycles. The highest BCUT2D eigenvalue weighted by atomic mass is 16.5. The zero-order chi connectivity index (χ0) is 16.8. The lowest BCUT2D eigenvalue weighted by atomic mass is 10.1. The van der Waals surface area contributed by atoms with E-state index in [2.05, 4.69) is 10.3 Å². The molecule has 24 heavy (non-hydrogen) atoms. The number of carbonyl (C=O) groups excluding carboxylic acids is 1. The second-order valence-electron chi connectivity index (χ2n) is 6.13. The molecule has 0 unspecified atom stereocenters. The number of urea groups is 1. The lowest BCUT2D eigenvalue weighted by Crippen LogP contribution is -2.47. The van der Waals surface area contributed by atoms with Crippen LogP contribution in [0.4, 0.5) is 4.79 Å². The summed E-state index contributed by atoms with van der Waals surface area (Å²) in [5.41, 5.74) is 1.08. The van der Waals surface area contributed by atoms with Gasteiger partial charge >= 0.3 is 6.03 Å². The molecule has 0 aliphatic carbocycles. The number of nitrogens with zero attached hydrogens (tertiary/aromatic N) is 3. The van der Waals surface area contributed by atoms with Crippen LogP contribution in [0.15, 0.2) is 49.1 Å². The fraction of sp³-hybridized carbons (Fsp3) is 0.444. The van der Waals surface area contributed by atoms with Crippen molar-refractivity contribution in [2.45, 2.75) is 31.5 Å². The number of hydrogen-bond acceptors (Lipinski definition) is 3. The second-order valence-corrected chi connectivity index (χ2v) is 6.13. The van der Waals surface area contributed by atoms with Crippen LogP contribution in [0.25, 0.3) is 0 Å². The average Bonchev–Trinajstić information content (AvgIpc) is 3.15. The average molecular weight is 328 g/mol. The molecule has 128 valence electrons. The lowest BCUT2D eigenvalue weighted by Gasteiger charge is -2.32. The third-order valence-corrected chi connectivity index (χ3v) is 4.51. The van der Waals surface area contributed by atoms with Crippen molar-refractivity contribution in [1.82, 2.24) is 19.8 Å². The van der Waals surface area contributed by atoms with Gasteiger partial charge in [-0.25, -0.2) is 9.78 Å². The highest BCUT2D eigenvalue weighted by molar-refractivity contribution is 5.74. The Morgan fingerprint density at radius 2 is 2.12 bits per heavy atom. The number of carbonyl (C=O) groups is 1. The molecule has 0 radical (unpaired) electrons. The predicted molar refractivity (Wildman–Crippen MR) is 91.5 cm³/mol. The molecular formula is C18H24N4O2. The van der Waals surface area contributed by atoms with E-state index in [0.717, 1.165) is 31.6 Å². The Morgan fingerprint density at radius 3 is 2.79 bits per heavy atom. The van der Waals surface area contributed by atoms with Crippen molar-refractivity contribution in [3.63, 3.8) is 0 Å². The number of rotatable bonds is 5. The number of nitrogens with one attached hydrogen (secondary N) is 1. The van der Waals surface area contributed by atoms with Crippen LogP contribution in [0, 0.1) is 0 Å². The smallest absolute Gasteiger partial charge is 0.317 e. The van der Waals surface area contributed by atoms with Crippen LogP contribution in [-0.4, -0.2) is 46.8 Å². The summed E-state index contributed by atoms with van der Waals surface area (Å²) in [6.07, 6.45) is 7.20. The molecule has 1 atom stereocenters. The molecule has 6 heteroatoms. The molecule has 0 saturated carbocycles. The minimum absolute atomic E-state index is 0.0455. The molecule has 2 aromatic rings. The highest BCUT2D eigenvalue weighted by Gasteiger charge is 2.24. The Labute approximate surface area is 142 Å². The van der Waals surface area contributed by atoms with Gasteiger partial charge in [0.05, 0.1) is 12.4 Å². The van der Waals surface area contributed by atoms with E-state index in [1.807, 2.05) is 53.0 Å². The lowest BCUT2D eigenvalue weighted by molar-refractivity contribution is 0.0521. The monoisotopic (exact) mass is 328 g/mol. The first-order valence-electron chi connectivity index (χ1n) is 8.36. The fourth-order valence-corrected chi connectivity index (χ4v) is 3.01. The summed E-state index contributed by atoms with van der Waals surface area (Å²) in [5, 5.41) is 3.17. The summed E-state index contributed by atoms with van der Waals surface area (Å²) in [6.45, 7) is 2.09. The normalized spacial score (nSPS) is 16.5. The first-order chi connectivity index (χ1) is 11.7. The van der Waals surface area contributed by atoms with E-state index in [1.165, 1.54) is 0 Å². The molecule has 0 bridgehead atoms. The van der Waals surface area contributed by atoms with Crippen LogP contribution in [0.1, 0.15) is 24.4 Å². The Kier molecular flexibility index (Phi) is 5.48. The van der Waals surface area contributed by atoms with Gasteiger partial charge in [-0.05, 0) is 18.4 Å². The van der Waals surface area contributed by atoms with Gasteiger partial charge in [0.15, 0.2) is 0 Å². The molecule has 1 N–H and O–H groups in total. The molecular weight excluding hydrogens is 304 g/mol. The van der Waals surface area contributed by atoms with Crippen molar-refractivity contribution < 1.29 is 9.53 Å². The highest BCUT2D eigenvalue weighted by Crippen LogP contribution is 2.17. The SMILES string of the molecule is CN(C(=O)N[C@@H](Cn1ccnc1)c1ccccc1)C1CCOCC1. The third kappa shape index (κ3) is 4.14. The quantitative estimate of drug-likeness (QED) is 0.917. The van der Waals surface area contributed by atoms with E-state index in [0.29, 0.717) is 6.54 Å². The number of amides is 2. The number of hydrogen-bond donors (Lipinski definition) is 1. The molecule has 0 spiro atoms. The number of benzene rings is 1. The molecule has 1 aromatic carbocycles. The van der Waals surface area contributed by atoms with Gasteiger partial charge in [0.1, 0.15) is 0 Å². The standard InChI is InChI=1S/C18H24N4O2/c1-21(16-7-11-24-12-8-16)18(23)20-17(13-22-10-9-19-14-22)15-5-3-2-4-6-15/h2-6,9-10,14,16-17H,7-8,11-13H2,1H3,(H,20,23)/t17-/m0/s1. The fourth-order valence-electron chi connectivity index (χ4n) is 3.01. The van der Waals surface area contributed by atoms with Gasteiger partial charge in [-0.15, -0.1) is 0 Å². The van der Waals surface area contributed by atoms with Gasteiger partial charge in [0, 0.05) is 45.2 Å². The predicted octanol–water partition coefficient (Wildman–Crippen LogP) is 2.44. The Morgan fingerprint density at radius 1 is 1.38 bits per heavy atom. The largest absolute Gasteiger partial charge is 0.381 e. The van der Waals surface area contributed by atoms with Crippen LogP contribution in [-0.2, 0) is 11.3 Å². The number of imidazole rings is 1. The van der Waals surface area contributed by atoms with Gasteiger partial charge in [0.25, 0.3) is 0 Å². The van der Waals surface area contributed by atoms with Gasteiger partial charge in [-0.2, -0.15) is 0 Å². The topological polar surface area (TPSA) is 59.4 Å². The van der Waals surface area contributed by atoms with E-state index >= 15 is 0 Å². The molecule has 1 saturated heterocycles. The second kappa shape index (κ2) is 7.97. The van der Waals surface area contributed by atoms with E-state index in [4.69, 9.17) is 4.74 Å². The van der Waals surface area contributed by atoms with E-state index < -0.39 is 0 Å². The first kappa shape index (κ1) is 16.5. The van der Waals surface area contributed by atoms with Crippen LogP contribution >= 0.6 is 0 Å². The van der Waals surface area contributed by atoms with Crippen LogP contribution in [0.3, 0.4) is 0 Å². The summed E-state index contributed by atoms with van der Waals surface area (Å²) in [7, 11) is 1.87. The van der Waals surface area contributed by atoms with Crippen molar-refractivity contribution in [2.24, 2.45) is 0 Å². The van der Waals surface area contributed by atoms with Crippen LogP contribution in [0.5, 0.6) is 0 Å². The first-order valence-corrected chi connectivity index (χ1v) is 8.36. The molecule has 1 fully saturated rings. The van der Waals surface area contributed by atoms with Crippen molar-refractivity contribution >= 4 is 6.03 Å². The Hall–Kier alpha value is -2.34. The molecule has 1 aliphatic rings. The summed E-state index contributed by atoms with van der Waals surface area (Å²) < 4.78 is 7.36. The Balaban J connectivity index is 1.69. The number of ether oxygens (including phenoxy) is 1. The molecule has 2 heterocycles. The van der Waals surface area contributed by atoms with Crippen molar-refractivity contribution in [3.8, 4) is 0 Å². The summed E-state index contributed by atoms with van der Waals surface area (Å²) in [5.74, 6) is 0. The summed E-state index contributed by atoms with van der Waals surface area (Å²) >= 11 is 0. The molecule has 6 nitrogen and oxygen atoms in total. The summed E-state index contributed by atoms with van der Waals surface area (Å²) in [6, 6.07) is 10.1. The minimum atomic E-state index is -0.102. The summed E-state index contributed by atoms with van der Waals surface area (Å²) in [4.78, 5) is 18.6. The maximum absolute atomic E-state index is 12.7. The Bertz CT molecular complexity index is 624. The van der Waals surface area contributed by atoms with Gasteiger partial charge in [-0.1, -0.05) is 30.3 Å². The third-order valence-electron chi connectivity index (χ3n) is 4.51. The van der Waals surface area contributed by atoms with Crippen LogP contribution in [0.2, 0.25) is 0 Å². The molecule has 3 rings (SSSR count). The zero-order valence-corrected chi connectivity index (χ0v) is 14.0. The van der Waals surface area contributed by atoms with E-state index in [9.17, 15) is 4.79 Å². The van der Waals surface area contributed by atoms with Crippen molar-refractivity contribution in [3.05, 3.63) is 54.6 Å². The van der Waals surface area contributed by atoms with Crippen LogP contribution < -0.4 is 5.32 Å². The number of aromatic nitrogens is 2. The van der Waals surface area contributed by atoms with E-state index in [-0.39, 0.29) is 18.1 Å². The van der Waals surface area contributed by atoms with Gasteiger partial charge < -0.3 is 19.5 Å².